The zero-order valence-corrected chi connectivity index (χ0v) is 15.9. The molecule has 0 heterocycles. The van der Waals surface area contributed by atoms with Crippen molar-refractivity contribution >= 4 is 0 Å². The second kappa shape index (κ2) is 4.93. The third kappa shape index (κ3) is 1.89. The lowest BCUT2D eigenvalue weighted by Gasteiger charge is -2.61. The minimum absolute atomic E-state index is 0.206. The Balaban J connectivity index is 1.82. The van der Waals surface area contributed by atoms with Gasteiger partial charge in [0.25, 0.3) is 0 Å². The van der Waals surface area contributed by atoms with Gasteiger partial charge in [-0.2, -0.15) is 0 Å². The highest BCUT2D eigenvalue weighted by atomic mass is 16.5. The zero-order chi connectivity index (χ0) is 17.3. The van der Waals surface area contributed by atoms with Gasteiger partial charge < -0.3 is 9.84 Å². The van der Waals surface area contributed by atoms with Crippen LogP contribution < -0.4 is 4.74 Å². The summed E-state index contributed by atoms with van der Waals surface area (Å²) in [6.07, 6.45) is 7.63. The summed E-state index contributed by atoms with van der Waals surface area (Å²) < 4.78 is 5.37. The van der Waals surface area contributed by atoms with Crippen LogP contribution in [0.4, 0.5) is 0 Å². The smallest absolute Gasteiger partial charge is 0.161 e. The van der Waals surface area contributed by atoms with Gasteiger partial charge in [0, 0.05) is 5.56 Å². The molecule has 0 amide bonds. The minimum atomic E-state index is 0.206. The summed E-state index contributed by atoms with van der Waals surface area (Å²) >= 11 is 0. The highest BCUT2D eigenvalue weighted by Gasteiger charge is 2.61. The Kier molecular flexibility index (Phi) is 3.34. The standard InChI is InChI=1S/C22H32O2/c1-20(2)10-6-11-22(4)17(20)9-12-21(3)15-7-8-16(24-5)19(23)14(15)13-18(21)22/h7-8,17-18,23H,6,9-13H2,1-5H3/t17-,18-,21-,22-/m0/s1. The largest absolute Gasteiger partial charge is 0.504 e. The summed E-state index contributed by atoms with van der Waals surface area (Å²) in [6, 6.07) is 4.19. The average Bonchev–Trinajstić information content (AvgIpc) is 2.82. The predicted molar refractivity (Wildman–Crippen MR) is 97.7 cm³/mol. The van der Waals surface area contributed by atoms with Crippen LogP contribution in [-0.2, 0) is 11.8 Å². The van der Waals surface area contributed by atoms with Crippen LogP contribution in [0.25, 0.3) is 0 Å². The van der Waals surface area contributed by atoms with E-state index in [2.05, 4.69) is 33.8 Å². The van der Waals surface area contributed by atoms with Gasteiger partial charge in [-0.05, 0) is 71.8 Å². The normalized spacial score (nSPS) is 39.7. The number of hydrogen-bond donors (Lipinski definition) is 1. The SMILES string of the molecule is COc1ccc2c(c1O)C[C@@H]1[C@@]3(C)CCCC(C)(C)[C@@H]3CC[C@@]21C. The van der Waals surface area contributed by atoms with Crippen LogP contribution in [0.3, 0.4) is 0 Å². The number of phenolic OH excluding ortho intramolecular Hbond substituents is 1. The molecule has 24 heavy (non-hydrogen) atoms. The van der Waals surface area contributed by atoms with Crippen molar-refractivity contribution in [1.82, 2.24) is 0 Å². The number of ether oxygens (including phenoxy) is 1. The molecule has 3 aliphatic rings. The van der Waals surface area contributed by atoms with E-state index in [4.69, 9.17) is 4.74 Å². The van der Waals surface area contributed by atoms with Crippen molar-refractivity contribution < 1.29 is 9.84 Å². The molecule has 1 aromatic rings. The Bertz CT molecular complexity index is 677. The van der Waals surface area contributed by atoms with Crippen molar-refractivity contribution in [3.8, 4) is 11.5 Å². The van der Waals surface area contributed by atoms with Crippen LogP contribution in [-0.4, -0.2) is 12.2 Å². The second-order valence-electron chi connectivity index (χ2n) is 9.76. The number of benzene rings is 1. The lowest BCUT2D eigenvalue weighted by Crippen LogP contribution is -2.55. The number of hydrogen-bond acceptors (Lipinski definition) is 2. The van der Waals surface area contributed by atoms with Crippen molar-refractivity contribution in [3.63, 3.8) is 0 Å². The molecule has 3 aliphatic carbocycles. The molecule has 2 heteroatoms. The van der Waals surface area contributed by atoms with Crippen molar-refractivity contribution in [1.29, 1.82) is 0 Å². The molecule has 2 saturated carbocycles. The number of phenols is 1. The molecule has 2 fully saturated rings. The molecule has 0 radical (unpaired) electrons. The Hall–Kier alpha value is -1.18. The van der Waals surface area contributed by atoms with Gasteiger partial charge in [-0.15, -0.1) is 0 Å². The molecule has 0 aromatic heterocycles. The van der Waals surface area contributed by atoms with E-state index >= 15 is 0 Å². The molecule has 4 rings (SSSR count). The topological polar surface area (TPSA) is 29.5 Å². The first kappa shape index (κ1) is 16.3. The summed E-state index contributed by atoms with van der Waals surface area (Å²) in [7, 11) is 1.65. The molecule has 0 unspecified atom stereocenters. The Morgan fingerprint density at radius 3 is 2.50 bits per heavy atom. The average molecular weight is 328 g/mol. The fourth-order valence-electron chi connectivity index (χ4n) is 7.16. The first-order chi connectivity index (χ1) is 11.2. The molecule has 1 aromatic carbocycles. The summed E-state index contributed by atoms with van der Waals surface area (Å²) in [6.45, 7) is 9.99. The lowest BCUT2D eigenvalue weighted by atomic mass is 9.43. The summed E-state index contributed by atoms with van der Waals surface area (Å²) in [5, 5.41) is 10.7. The molecule has 0 bridgehead atoms. The van der Waals surface area contributed by atoms with Crippen LogP contribution in [0.5, 0.6) is 11.5 Å². The third-order valence-corrected chi connectivity index (χ3v) is 8.28. The van der Waals surface area contributed by atoms with Gasteiger partial charge in [0.1, 0.15) is 0 Å². The molecule has 0 aliphatic heterocycles. The molecule has 0 saturated heterocycles. The third-order valence-electron chi connectivity index (χ3n) is 8.28. The molecule has 4 atom stereocenters. The first-order valence-electron chi connectivity index (χ1n) is 9.63. The minimum Gasteiger partial charge on any atom is -0.504 e. The molecule has 0 spiro atoms. The van der Waals surface area contributed by atoms with Crippen LogP contribution in [0, 0.1) is 22.7 Å². The van der Waals surface area contributed by atoms with E-state index in [1.165, 1.54) is 37.7 Å². The van der Waals surface area contributed by atoms with Gasteiger partial charge >= 0.3 is 0 Å². The quantitative estimate of drug-likeness (QED) is 0.742. The fraction of sp³-hybridized carbons (Fsp3) is 0.727. The zero-order valence-electron chi connectivity index (χ0n) is 15.9. The number of aromatic hydroxyl groups is 1. The van der Waals surface area contributed by atoms with E-state index in [9.17, 15) is 5.11 Å². The molecule has 1 N–H and O–H groups in total. The fourth-order valence-corrected chi connectivity index (χ4v) is 7.16. The van der Waals surface area contributed by atoms with Gasteiger partial charge in [0.2, 0.25) is 0 Å². The Labute approximate surface area is 146 Å². The van der Waals surface area contributed by atoms with Gasteiger partial charge in [-0.1, -0.05) is 40.2 Å². The van der Waals surface area contributed by atoms with E-state index in [1.54, 1.807) is 7.11 Å². The maximum absolute atomic E-state index is 10.7. The summed E-state index contributed by atoms with van der Waals surface area (Å²) in [5.41, 5.74) is 3.58. The highest BCUT2D eigenvalue weighted by molar-refractivity contribution is 5.56. The van der Waals surface area contributed by atoms with Crippen molar-refractivity contribution in [2.75, 3.05) is 7.11 Å². The molecule has 2 nitrogen and oxygen atoms in total. The van der Waals surface area contributed by atoms with Crippen LogP contribution in [0.2, 0.25) is 0 Å². The van der Waals surface area contributed by atoms with E-state index in [-0.39, 0.29) is 5.41 Å². The molecule has 132 valence electrons. The van der Waals surface area contributed by atoms with E-state index in [1.807, 2.05) is 6.07 Å². The maximum Gasteiger partial charge on any atom is 0.161 e. The summed E-state index contributed by atoms with van der Waals surface area (Å²) in [4.78, 5) is 0. The molecular formula is C22H32O2. The second-order valence-corrected chi connectivity index (χ2v) is 9.76. The lowest BCUT2D eigenvalue weighted by molar-refractivity contribution is -0.0982. The van der Waals surface area contributed by atoms with Crippen molar-refractivity contribution in [2.45, 2.75) is 71.6 Å². The molecular weight excluding hydrogens is 296 g/mol. The Morgan fingerprint density at radius 2 is 1.79 bits per heavy atom. The van der Waals surface area contributed by atoms with Crippen molar-refractivity contribution in [3.05, 3.63) is 23.3 Å². The van der Waals surface area contributed by atoms with Crippen LogP contribution >= 0.6 is 0 Å². The highest BCUT2D eigenvalue weighted by Crippen LogP contribution is 2.68. The van der Waals surface area contributed by atoms with E-state index < -0.39 is 0 Å². The number of rotatable bonds is 1. The first-order valence-corrected chi connectivity index (χ1v) is 9.63. The summed E-state index contributed by atoms with van der Waals surface area (Å²) in [5.74, 6) is 2.45. The van der Waals surface area contributed by atoms with Crippen LogP contribution in [0.15, 0.2) is 12.1 Å². The predicted octanol–water partition coefficient (Wildman–Crippen LogP) is 5.46. The van der Waals surface area contributed by atoms with Crippen molar-refractivity contribution in [2.24, 2.45) is 22.7 Å². The van der Waals surface area contributed by atoms with Gasteiger partial charge in [0.15, 0.2) is 11.5 Å². The van der Waals surface area contributed by atoms with Gasteiger partial charge in [-0.3, -0.25) is 0 Å². The monoisotopic (exact) mass is 328 g/mol. The maximum atomic E-state index is 10.7. The Morgan fingerprint density at radius 1 is 1.04 bits per heavy atom. The van der Waals surface area contributed by atoms with Crippen LogP contribution in [0.1, 0.15) is 70.9 Å². The number of fused-ring (bicyclic) bond motifs is 5. The van der Waals surface area contributed by atoms with E-state index in [0.29, 0.717) is 28.2 Å². The van der Waals surface area contributed by atoms with Gasteiger partial charge in [-0.25, -0.2) is 0 Å². The van der Waals surface area contributed by atoms with E-state index in [0.717, 1.165) is 17.9 Å². The van der Waals surface area contributed by atoms with Gasteiger partial charge in [0.05, 0.1) is 7.11 Å². The number of methoxy groups -OCH3 is 1.